The number of piperidine rings is 1. The lowest BCUT2D eigenvalue weighted by atomic mass is 9.89. The van der Waals surface area contributed by atoms with Crippen LogP contribution in [-0.4, -0.2) is 41.4 Å². The Hall–Kier alpha value is -1.30. The van der Waals surface area contributed by atoms with E-state index in [0.29, 0.717) is 13.0 Å². The molecule has 1 aliphatic heterocycles. The van der Waals surface area contributed by atoms with E-state index in [1.165, 1.54) is 0 Å². The molecule has 1 fully saturated rings. The minimum atomic E-state index is -0.761. The first-order chi connectivity index (χ1) is 9.23. The van der Waals surface area contributed by atoms with Crippen molar-refractivity contribution in [3.05, 3.63) is 0 Å². The van der Waals surface area contributed by atoms with Crippen LogP contribution in [0.3, 0.4) is 0 Å². The Morgan fingerprint density at radius 3 is 2.45 bits per heavy atom. The first-order valence-corrected chi connectivity index (χ1v) is 7.18. The van der Waals surface area contributed by atoms with E-state index in [9.17, 15) is 9.59 Å². The number of hydrogen-bond acceptors (Lipinski definition) is 4. The summed E-state index contributed by atoms with van der Waals surface area (Å²) in [6.07, 6.45) is 1.69. The van der Waals surface area contributed by atoms with Gasteiger partial charge in [0, 0.05) is 18.6 Å². The van der Waals surface area contributed by atoms with Crippen molar-refractivity contribution in [1.29, 1.82) is 0 Å². The molecule has 0 aromatic rings. The molecule has 1 saturated heterocycles. The fourth-order valence-electron chi connectivity index (χ4n) is 2.45. The smallest absolute Gasteiger partial charge is 0.407 e. The van der Waals surface area contributed by atoms with E-state index in [0.717, 1.165) is 12.8 Å². The van der Waals surface area contributed by atoms with E-state index in [-0.39, 0.29) is 18.0 Å². The molecule has 20 heavy (non-hydrogen) atoms. The highest BCUT2D eigenvalue weighted by molar-refractivity contribution is 5.71. The Kier molecular flexibility index (Phi) is 5.80. The molecule has 0 spiro atoms. The zero-order valence-electron chi connectivity index (χ0n) is 12.7. The standard InChI is InChI=1S/C14H26N2O4/c1-5-10(12(17)18)11-7-6-9(8-15-11)16-13(19)20-14(2,3)4/h9-11,15H,5-8H2,1-4H3,(H,16,19)(H,17,18)/t9-,10?,11-/m1/s1. The average molecular weight is 286 g/mol. The van der Waals surface area contributed by atoms with Crippen LogP contribution in [0.5, 0.6) is 0 Å². The number of alkyl carbamates (subject to hydrolysis) is 1. The van der Waals surface area contributed by atoms with Crippen LogP contribution in [0.4, 0.5) is 4.79 Å². The Bertz CT molecular complexity index is 344. The third-order valence-corrected chi connectivity index (χ3v) is 3.42. The van der Waals surface area contributed by atoms with Crippen LogP contribution in [-0.2, 0) is 9.53 Å². The number of ether oxygens (including phenoxy) is 1. The lowest BCUT2D eigenvalue weighted by Gasteiger charge is -2.33. The van der Waals surface area contributed by atoms with Gasteiger partial charge in [-0.3, -0.25) is 4.79 Å². The van der Waals surface area contributed by atoms with Crippen molar-refractivity contribution in [3.8, 4) is 0 Å². The van der Waals surface area contributed by atoms with E-state index >= 15 is 0 Å². The van der Waals surface area contributed by atoms with Crippen molar-refractivity contribution in [2.45, 2.75) is 64.6 Å². The predicted molar refractivity (Wildman–Crippen MR) is 75.6 cm³/mol. The number of rotatable bonds is 4. The molecule has 3 N–H and O–H groups in total. The number of nitrogens with one attached hydrogen (secondary N) is 2. The summed E-state index contributed by atoms with van der Waals surface area (Å²) >= 11 is 0. The number of carboxylic acids is 1. The zero-order valence-corrected chi connectivity index (χ0v) is 12.7. The molecule has 0 aliphatic carbocycles. The fourth-order valence-corrected chi connectivity index (χ4v) is 2.45. The van der Waals surface area contributed by atoms with Gasteiger partial charge in [0.25, 0.3) is 0 Å². The van der Waals surface area contributed by atoms with Gasteiger partial charge in [0.2, 0.25) is 0 Å². The molecule has 1 aliphatic rings. The van der Waals surface area contributed by atoms with E-state index in [1.807, 2.05) is 27.7 Å². The van der Waals surface area contributed by atoms with Gasteiger partial charge >= 0.3 is 12.1 Å². The molecule has 116 valence electrons. The van der Waals surface area contributed by atoms with Crippen LogP contribution in [0.15, 0.2) is 0 Å². The third kappa shape index (κ3) is 5.36. The van der Waals surface area contributed by atoms with Crippen LogP contribution >= 0.6 is 0 Å². The van der Waals surface area contributed by atoms with Crippen LogP contribution in [0.2, 0.25) is 0 Å². The molecule has 0 bridgehead atoms. The molecule has 0 radical (unpaired) electrons. The number of aliphatic carboxylic acids is 1. The second kappa shape index (κ2) is 6.92. The van der Waals surface area contributed by atoms with Crippen LogP contribution < -0.4 is 10.6 Å². The number of carboxylic acid groups (broad SMARTS) is 1. The van der Waals surface area contributed by atoms with Gasteiger partial charge in [-0.15, -0.1) is 0 Å². The van der Waals surface area contributed by atoms with Gasteiger partial charge in [-0.2, -0.15) is 0 Å². The first kappa shape index (κ1) is 16.8. The van der Waals surface area contributed by atoms with E-state index in [2.05, 4.69) is 10.6 Å². The summed E-state index contributed by atoms with van der Waals surface area (Å²) < 4.78 is 5.20. The van der Waals surface area contributed by atoms with Gasteiger partial charge in [-0.25, -0.2) is 4.79 Å². The van der Waals surface area contributed by atoms with Gasteiger partial charge < -0.3 is 20.5 Å². The second-order valence-electron chi connectivity index (χ2n) is 6.29. The van der Waals surface area contributed by atoms with Gasteiger partial charge in [0.05, 0.1) is 5.92 Å². The maximum Gasteiger partial charge on any atom is 0.407 e. The second-order valence-corrected chi connectivity index (χ2v) is 6.29. The van der Waals surface area contributed by atoms with Crippen molar-refractivity contribution in [1.82, 2.24) is 10.6 Å². The van der Waals surface area contributed by atoms with Crippen LogP contribution in [0.25, 0.3) is 0 Å². The molecule has 6 heteroatoms. The Morgan fingerprint density at radius 2 is 2.05 bits per heavy atom. The summed E-state index contributed by atoms with van der Waals surface area (Å²) in [4.78, 5) is 22.8. The highest BCUT2D eigenvalue weighted by Crippen LogP contribution is 2.19. The SMILES string of the molecule is CCC(C(=O)O)[C@H]1CC[C@@H](NC(=O)OC(C)(C)C)CN1. The molecular formula is C14H26N2O4. The maximum atomic E-state index is 11.7. The summed E-state index contributed by atoms with van der Waals surface area (Å²) in [6, 6.07) is -0.0263. The van der Waals surface area contributed by atoms with Crippen molar-refractivity contribution >= 4 is 12.1 Å². The minimum Gasteiger partial charge on any atom is -0.481 e. The van der Waals surface area contributed by atoms with Gasteiger partial charge in [0.15, 0.2) is 0 Å². The summed E-state index contributed by atoms with van der Waals surface area (Å²) in [6.45, 7) is 7.92. The van der Waals surface area contributed by atoms with Crippen molar-refractivity contribution in [2.24, 2.45) is 5.92 Å². The summed E-state index contributed by atoms with van der Waals surface area (Å²) in [5.41, 5.74) is -0.509. The molecule has 6 nitrogen and oxygen atoms in total. The fraction of sp³-hybridized carbons (Fsp3) is 0.857. The lowest BCUT2D eigenvalue weighted by Crippen LogP contribution is -2.53. The Labute approximate surface area is 120 Å². The molecular weight excluding hydrogens is 260 g/mol. The summed E-state index contributed by atoms with van der Waals surface area (Å²) in [5.74, 6) is -1.12. The topological polar surface area (TPSA) is 87.7 Å². The molecule has 1 amide bonds. The Balaban J connectivity index is 2.39. The van der Waals surface area contributed by atoms with E-state index < -0.39 is 17.7 Å². The molecule has 1 unspecified atom stereocenters. The highest BCUT2D eigenvalue weighted by Gasteiger charge is 2.31. The number of amides is 1. The van der Waals surface area contributed by atoms with Crippen LogP contribution in [0, 0.1) is 5.92 Å². The zero-order chi connectivity index (χ0) is 15.3. The minimum absolute atomic E-state index is 0.00704. The number of carbonyl (C=O) groups excluding carboxylic acids is 1. The molecule has 1 rings (SSSR count). The maximum absolute atomic E-state index is 11.7. The van der Waals surface area contributed by atoms with Gasteiger partial charge in [-0.05, 0) is 40.0 Å². The van der Waals surface area contributed by atoms with Gasteiger partial charge in [-0.1, -0.05) is 6.92 Å². The Morgan fingerprint density at radius 1 is 1.40 bits per heavy atom. The van der Waals surface area contributed by atoms with E-state index in [1.54, 1.807) is 0 Å². The summed E-state index contributed by atoms with van der Waals surface area (Å²) in [5, 5.41) is 15.2. The molecule has 1 heterocycles. The molecule has 3 atom stereocenters. The quantitative estimate of drug-likeness (QED) is 0.732. The van der Waals surface area contributed by atoms with Crippen molar-refractivity contribution in [2.75, 3.05) is 6.54 Å². The predicted octanol–water partition coefficient (Wildman–Crippen LogP) is 1.74. The van der Waals surface area contributed by atoms with E-state index in [4.69, 9.17) is 9.84 Å². The number of carbonyl (C=O) groups is 2. The lowest BCUT2D eigenvalue weighted by molar-refractivity contribution is -0.143. The van der Waals surface area contributed by atoms with Crippen LogP contribution in [0.1, 0.15) is 47.0 Å². The van der Waals surface area contributed by atoms with Crippen molar-refractivity contribution in [3.63, 3.8) is 0 Å². The third-order valence-electron chi connectivity index (χ3n) is 3.42. The molecule has 0 aromatic carbocycles. The largest absolute Gasteiger partial charge is 0.481 e. The highest BCUT2D eigenvalue weighted by atomic mass is 16.6. The molecule has 0 saturated carbocycles. The average Bonchev–Trinajstić information content (AvgIpc) is 2.29. The summed E-state index contributed by atoms with van der Waals surface area (Å²) in [7, 11) is 0. The monoisotopic (exact) mass is 286 g/mol. The normalized spacial score (nSPS) is 24.8. The molecule has 0 aromatic heterocycles. The number of hydrogen-bond donors (Lipinski definition) is 3. The van der Waals surface area contributed by atoms with Crippen molar-refractivity contribution < 1.29 is 19.4 Å². The first-order valence-electron chi connectivity index (χ1n) is 7.18. The van der Waals surface area contributed by atoms with Gasteiger partial charge in [0.1, 0.15) is 5.60 Å².